The summed E-state index contributed by atoms with van der Waals surface area (Å²) in [5.74, 6) is 0.418. The van der Waals surface area contributed by atoms with Crippen molar-refractivity contribution in [1.82, 2.24) is 29.6 Å². The summed E-state index contributed by atoms with van der Waals surface area (Å²) in [4.78, 5) is 26.2. The highest BCUT2D eigenvalue weighted by Gasteiger charge is 2.21. The summed E-state index contributed by atoms with van der Waals surface area (Å²) in [7, 11) is 0. The predicted molar refractivity (Wildman–Crippen MR) is 121 cm³/mol. The van der Waals surface area contributed by atoms with Crippen LogP contribution in [0.3, 0.4) is 0 Å². The topological polar surface area (TPSA) is 89.7 Å². The summed E-state index contributed by atoms with van der Waals surface area (Å²) in [5, 5.41) is 7.53. The van der Waals surface area contributed by atoms with Crippen LogP contribution in [0.15, 0.2) is 47.7 Å². The number of nitrogens with one attached hydrogen (secondary N) is 2. The third kappa shape index (κ3) is 3.47. The molecule has 2 N–H and O–H groups in total. The van der Waals surface area contributed by atoms with Crippen LogP contribution in [0, 0.1) is 0 Å². The fraction of sp³-hybridized carbons (Fsp3) is 0.273. The maximum Gasteiger partial charge on any atom is 0.278 e. The van der Waals surface area contributed by atoms with Gasteiger partial charge in [0.2, 0.25) is 5.95 Å². The molecular formula is C22H22ClN7O. The Labute approximate surface area is 183 Å². The molecule has 31 heavy (non-hydrogen) atoms. The molecule has 0 saturated heterocycles. The quantitative estimate of drug-likeness (QED) is 0.509. The van der Waals surface area contributed by atoms with E-state index in [-0.39, 0.29) is 11.6 Å². The van der Waals surface area contributed by atoms with E-state index in [4.69, 9.17) is 16.6 Å². The first kappa shape index (κ1) is 19.7. The van der Waals surface area contributed by atoms with E-state index in [9.17, 15) is 4.79 Å². The number of nitrogens with zero attached hydrogens (tertiary/aromatic N) is 5. The van der Waals surface area contributed by atoms with E-state index >= 15 is 0 Å². The minimum absolute atomic E-state index is 0.100. The number of hydrogen-bond donors (Lipinski definition) is 2. The maximum atomic E-state index is 13.1. The highest BCUT2D eigenvalue weighted by Crippen LogP contribution is 2.26. The van der Waals surface area contributed by atoms with Gasteiger partial charge in [0.15, 0.2) is 5.65 Å². The molecule has 0 spiro atoms. The van der Waals surface area contributed by atoms with Gasteiger partial charge in [0.25, 0.3) is 5.56 Å². The van der Waals surface area contributed by atoms with Crippen LogP contribution in [0.1, 0.15) is 31.0 Å². The first-order valence-corrected chi connectivity index (χ1v) is 10.6. The monoisotopic (exact) mass is 435 g/mol. The summed E-state index contributed by atoms with van der Waals surface area (Å²) in [6.45, 7) is 5.75. The van der Waals surface area contributed by atoms with Crippen molar-refractivity contribution < 1.29 is 0 Å². The van der Waals surface area contributed by atoms with Gasteiger partial charge in [-0.05, 0) is 56.1 Å². The van der Waals surface area contributed by atoms with Crippen LogP contribution >= 0.6 is 11.6 Å². The highest BCUT2D eigenvalue weighted by molar-refractivity contribution is 6.32. The molecule has 0 radical (unpaired) electrons. The van der Waals surface area contributed by atoms with Crippen LogP contribution in [-0.4, -0.2) is 30.9 Å². The largest absolute Gasteiger partial charge is 0.324 e. The van der Waals surface area contributed by atoms with Crippen molar-refractivity contribution >= 4 is 34.3 Å². The molecule has 0 aliphatic carbocycles. The molecule has 8 nitrogen and oxygen atoms in total. The van der Waals surface area contributed by atoms with Crippen molar-refractivity contribution in [2.24, 2.45) is 0 Å². The minimum Gasteiger partial charge on any atom is -0.324 e. The van der Waals surface area contributed by atoms with Crippen LogP contribution in [-0.2, 0) is 13.0 Å². The van der Waals surface area contributed by atoms with Crippen molar-refractivity contribution in [2.75, 3.05) is 11.9 Å². The van der Waals surface area contributed by atoms with Crippen molar-refractivity contribution in [3.63, 3.8) is 0 Å². The van der Waals surface area contributed by atoms with E-state index in [2.05, 4.69) is 32.7 Å². The van der Waals surface area contributed by atoms with E-state index < -0.39 is 0 Å². The zero-order chi connectivity index (χ0) is 21.5. The first-order valence-electron chi connectivity index (χ1n) is 10.2. The Balaban J connectivity index is 1.63. The van der Waals surface area contributed by atoms with E-state index in [0.717, 1.165) is 25.2 Å². The lowest BCUT2D eigenvalue weighted by Crippen LogP contribution is -2.24. The fourth-order valence-electron chi connectivity index (χ4n) is 3.98. The number of benzene rings is 1. The molecule has 158 valence electrons. The predicted octanol–water partition coefficient (Wildman–Crippen LogP) is 3.60. The Kier molecular flexibility index (Phi) is 4.95. The Hall–Kier alpha value is -3.23. The van der Waals surface area contributed by atoms with E-state index in [1.54, 1.807) is 34.0 Å². The number of anilines is 2. The highest BCUT2D eigenvalue weighted by atomic mass is 35.5. The fourth-order valence-corrected chi connectivity index (χ4v) is 4.18. The van der Waals surface area contributed by atoms with Gasteiger partial charge in [-0.3, -0.25) is 9.78 Å². The molecule has 0 atom stereocenters. The molecule has 4 heterocycles. The summed E-state index contributed by atoms with van der Waals surface area (Å²) >= 11 is 6.42. The lowest BCUT2D eigenvalue weighted by molar-refractivity contribution is 0.476. The summed E-state index contributed by atoms with van der Waals surface area (Å²) in [6, 6.07) is 7.94. The van der Waals surface area contributed by atoms with E-state index in [1.807, 2.05) is 19.9 Å². The zero-order valence-corrected chi connectivity index (χ0v) is 18.0. The Morgan fingerprint density at radius 3 is 2.87 bits per heavy atom. The zero-order valence-electron chi connectivity index (χ0n) is 17.3. The van der Waals surface area contributed by atoms with Crippen LogP contribution in [0.5, 0.6) is 0 Å². The van der Waals surface area contributed by atoms with Gasteiger partial charge in [-0.2, -0.15) is 4.98 Å². The Bertz CT molecular complexity index is 1340. The summed E-state index contributed by atoms with van der Waals surface area (Å²) in [6.07, 6.45) is 5.76. The lowest BCUT2D eigenvalue weighted by Gasteiger charge is -2.18. The van der Waals surface area contributed by atoms with Crippen LogP contribution in [0.2, 0.25) is 5.02 Å². The molecule has 9 heteroatoms. The number of aromatic nitrogens is 5. The normalized spacial score (nSPS) is 13.5. The summed E-state index contributed by atoms with van der Waals surface area (Å²) in [5.41, 5.74) is 4.51. The van der Waals surface area contributed by atoms with Crippen molar-refractivity contribution in [1.29, 1.82) is 0 Å². The second-order valence-electron chi connectivity index (χ2n) is 7.85. The third-order valence-corrected chi connectivity index (χ3v) is 5.73. The molecule has 1 aliphatic rings. The van der Waals surface area contributed by atoms with Crippen LogP contribution in [0.25, 0.3) is 16.7 Å². The SMILES string of the molecule is CC(C)n1c(=O)c2cnc(Nc3ccc4c(c3)CCNC4)nc2n1-c1ccncc1Cl. The van der Waals surface area contributed by atoms with Gasteiger partial charge in [0, 0.05) is 36.9 Å². The molecule has 0 bridgehead atoms. The van der Waals surface area contributed by atoms with Gasteiger partial charge >= 0.3 is 0 Å². The van der Waals surface area contributed by atoms with Crippen LogP contribution < -0.4 is 16.2 Å². The molecule has 5 rings (SSSR count). The number of hydrogen-bond acceptors (Lipinski definition) is 6. The molecule has 1 aromatic carbocycles. The van der Waals surface area contributed by atoms with Gasteiger partial charge in [0.05, 0.1) is 10.7 Å². The van der Waals surface area contributed by atoms with E-state index in [0.29, 0.717) is 27.7 Å². The standard InChI is InChI=1S/C22H22ClN7O/c1-13(2)29-21(31)17-11-26-22(27-16-4-3-15-10-24-7-5-14(15)9-16)28-20(17)30(29)19-6-8-25-12-18(19)23/h3-4,6,8-9,11-13,24H,5,7,10H2,1-2H3,(H,26,27,28). The first-order chi connectivity index (χ1) is 15.0. The molecule has 1 aliphatic heterocycles. The minimum atomic E-state index is -0.161. The number of fused-ring (bicyclic) bond motifs is 2. The van der Waals surface area contributed by atoms with Crippen molar-refractivity contribution in [3.8, 4) is 5.69 Å². The third-order valence-electron chi connectivity index (χ3n) is 5.44. The van der Waals surface area contributed by atoms with Gasteiger partial charge in [0.1, 0.15) is 5.39 Å². The van der Waals surface area contributed by atoms with Gasteiger partial charge in [-0.1, -0.05) is 17.7 Å². The molecule has 0 fully saturated rings. The lowest BCUT2D eigenvalue weighted by atomic mass is 10.0. The smallest absolute Gasteiger partial charge is 0.278 e. The molecular weight excluding hydrogens is 414 g/mol. The number of rotatable bonds is 4. The average Bonchev–Trinajstić information content (AvgIpc) is 3.06. The van der Waals surface area contributed by atoms with Gasteiger partial charge in [-0.15, -0.1) is 0 Å². The van der Waals surface area contributed by atoms with Gasteiger partial charge in [-0.25, -0.2) is 14.3 Å². The molecule has 3 aromatic heterocycles. The maximum absolute atomic E-state index is 13.1. The number of pyridine rings is 1. The molecule has 0 saturated carbocycles. The molecule has 0 amide bonds. The number of halogens is 1. The van der Waals surface area contributed by atoms with E-state index in [1.165, 1.54) is 11.1 Å². The molecule has 0 unspecified atom stereocenters. The van der Waals surface area contributed by atoms with Crippen LogP contribution in [0.4, 0.5) is 11.6 Å². The second kappa shape index (κ2) is 7.79. The van der Waals surface area contributed by atoms with Crippen molar-refractivity contribution in [2.45, 2.75) is 32.9 Å². The van der Waals surface area contributed by atoms with Crippen molar-refractivity contribution in [3.05, 3.63) is 69.4 Å². The Morgan fingerprint density at radius 2 is 2.06 bits per heavy atom. The molecule has 4 aromatic rings. The Morgan fingerprint density at radius 1 is 1.19 bits per heavy atom. The average molecular weight is 436 g/mol. The van der Waals surface area contributed by atoms with Gasteiger partial charge < -0.3 is 10.6 Å². The second-order valence-corrected chi connectivity index (χ2v) is 8.26. The summed E-state index contributed by atoms with van der Waals surface area (Å²) < 4.78 is 3.38.